The summed E-state index contributed by atoms with van der Waals surface area (Å²) in [4.78, 5) is 0. The molecule has 1 aromatic carbocycles. The second-order valence-corrected chi connectivity index (χ2v) is 4.80. The van der Waals surface area contributed by atoms with Crippen LogP contribution in [-0.4, -0.2) is 19.6 Å². The highest BCUT2D eigenvalue weighted by Crippen LogP contribution is 2.56. The topological polar surface area (TPSA) is 24.1 Å². The van der Waals surface area contributed by atoms with Gasteiger partial charge in [-0.25, -0.2) is 0 Å². The Balaban J connectivity index is 1.82. The van der Waals surface area contributed by atoms with Crippen molar-refractivity contribution in [2.45, 2.75) is 18.8 Å². The van der Waals surface area contributed by atoms with Gasteiger partial charge in [-0.3, -0.25) is 0 Å². The van der Waals surface area contributed by atoms with Gasteiger partial charge in [0.25, 0.3) is 0 Å². The maximum atomic E-state index is 3.49. The predicted octanol–water partition coefficient (Wildman–Crippen LogP) is 1.98. The molecular formula is C13H18N2. The number of anilines is 1. The highest BCUT2D eigenvalue weighted by Gasteiger charge is 2.57. The van der Waals surface area contributed by atoms with Crippen LogP contribution in [0.5, 0.6) is 0 Å². The van der Waals surface area contributed by atoms with Crippen molar-refractivity contribution in [3.8, 4) is 0 Å². The smallest absolute Gasteiger partial charge is 0.0340 e. The Kier molecular flexibility index (Phi) is 1.99. The average molecular weight is 202 g/mol. The van der Waals surface area contributed by atoms with Crippen LogP contribution < -0.4 is 10.6 Å². The highest BCUT2D eigenvalue weighted by atomic mass is 15.0. The van der Waals surface area contributed by atoms with Crippen molar-refractivity contribution in [3.05, 3.63) is 29.8 Å². The number of hydrogen-bond acceptors (Lipinski definition) is 2. The molecule has 1 saturated heterocycles. The maximum absolute atomic E-state index is 3.49. The van der Waals surface area contributed by atoms with Gasteiger partial charge in [-0.15, -0.1) is 0 Å². The fraction of sp³-hybridized carbons (Fsp3) is 0.538. The molecule has 2 N–H and O–H groups in total. The Hall–Kier alpha value is -1.02. The van der Waals surface area contributed by atoms with Crippen molar-refractivity contribution < 1.29 is 0 Å². The van der Waals surface area contributed by atoms with E-state index in [0.717, 1.165) is 12.5 Å². The van der Waals surface area contributed by atoms with Crippen molar-refractivity contribution in [2.24, 2.45) is 5.92 Å². The molecule has 1 saturated carbocycles. The van der Waals surface area contributed by atoms with E-state index in [-0.39, 0.29) is 0 Å². The first-order chi connectivity index (χ1) is 7.35. The zero-order chi connectivity index (χ0) is 10.3. The minimum Gasteiger partial charge on any atom is -0.385 e. The van der Waals surface area contributed by atoms with E-state index in [1.54, 1.807) is 0 Å². The fourth-order valence-electron chi connectivity index (χ4n) is 2.91. The molecule has 0 bridgehead atoms. The lowest BCUT2D eigenvalue weighted by Crippen LogP contribution is -2.19. The number of rotatable bonds is 3. The largest absolute Gasteiger partial charge is 0.385 e. The molecule has 3 rings (SSSR count). The van der Waals surface area contributed by atoms with E-state index in [4.69, 9.17) is 0 Å². The SMILES string of the molecule is CCNc1ccc(C23CNCC2C3)cc1. The standard InChI is InChI=1S/C13H18N2/c1-2-15-12-5-3-10(4-6-12)13-7-11(13)8-14-9-13/h3-6,11,14-15H,2,7-9H2,1H3. The third-order valence-corrected chi connectivity index (χ3v) is 3.90. The van der Waals surface area contributed by atoms with Gasteiger partial charge >= 0.3 is 0 Å². The lowest BCUT2D eigenvalue weighted by Gasteiger charge is -2.13. The van der Waals surface area contributed by atoms with Crippen molar-refractivity contribution in [3.63, 3.8) is 0 Å². The summed E-state index contributed by atoms with van der Waals surface area (Å²) < 4.78 is 0. The molecule has 2 aliphatic rings. The summed E-state index contributed by atoms with van der Waals surface area (Å²) in [6.45, 7) is 5.52. The van der Waals surface area contributed by atoms with E-state index < -0.39 is 0 Å². The van der Waals surface area contributed by atoms with Gasteiger partial charge in [0.2, 0.25) is 0 Å². The molecule has 0 amide bonds. The molecule has 2 heteroatoms. The first-order valence-corrected chi connectivity index (χ1v) is 5.90. The van der Waals surface area contributed by atoms with Crippen LogP contribution in [0.1, 0.15) is 18.9 Å². The number of piperidine rings is 1. The maximum Gasteiger partial charge on any atom is 0.0340 e. The molecule has 2 atom stereocenters. The molecule has 0 spiro atoms. The molecule has 2 nitrogen and oxygen atoms in total. The third-order valence-electron chi connectivity index (χ3n) is 3.90. The second-order valence-electron chi connectivity index (χ2n) is 4.80. The summed E-state index contributed by atoms with van der Waals surface area (Å²) in [5.41, 5.74) is 3.27. The quantitative estimate of drug-likeness (QED) is 0.783. The Morgan fingerprint density at radius 3 is 2.73 bits per heavy atom. The van der Waals surface area contributed by atoms with Crippen molar-refractivity contribution >= 4 is 5.69 Å². The zero-order valence-corrected chi connectivity index (χ0v) is 9.22. The zero-order valence-electron chi connectivity index (χ0n) is 9.22. The van der Waals surface area contributed by atoms with Gasteiger partial charge < -0.3 is 10.6 Å². The Morgan fingerprint density at radius 2 is 2.20 bits per heavy atom. The molecule has 80 valence electrons. The molecule has 0 aromatic heterocycles. The lowest BCUT2D eigenvalue weighted by molar-refractivity contribution is 0.676. The molecule has 15 heavy (non-hydrogen) atoms. The van der Waals surface area contributed by atoms with Gasteiger partial charge in [-0.2, -0.15) is 0 Å². The van der Waals surface area contributed by atoms with Crippen molar-refractivity contribution in [1.29, 1.82) is 0 Å². The molecule has 1 aliphatic carbocycles. The second kappa shape index (κ2) is 3.24. The molecular weight excluding hydrogens is 184 g/mol. The molecule has 1 aromatic rings. The van der Waals surface area contributed by atoms with Gasteiger partial charge in [-0.05, 0) is 43.5 Å². The van der Waals surface area contributed by atoms with Crippen LogP contribution in [-0.2, 0) is 5.41 Å². The minimum atomic E-state index is 0.505. The first kappa shape index (κ1) is 9.22. The highest BCUT2D eigenvalue weighted by molar-refractivity contribution is 5.48. The summed E-state index contributed by atoms with van der Waals surface area (Å²) in [5, 5.41) is 6.82. The number of hydrogen-bond donors (Lipinski definition) is 2. The third kappa shape index (κ3) is 1.36. The Morgan fingerprint density at radius 1 is 1.40 bits per heavy atom. The summed E-state index contributed by atoms with van der Waals surface area (Å²) in [7, 11) is 0. The van der Waals surface area contributed by atoms with Crippen LogP contribution in [0.2, 0.25) is 0 Å². The molecule has 2 unspecified atom stereocenters. The summed E-state index contributed by atoms with van der Waals surface area (Å²) in [6.07, 6.45) is 1.39. The molecule has 1 aliphatic heterocycles. The lowest BCUT2D eigenvalue weighted by atomic mass is 9.95. The average Bonchev–Trinajstić information content (AvgIpc) is 2.83. The number of nitrogens with one attached hydrogen (secondary N) is 2. The summed E-state index contributed by atoms with van der Waals surface area (Å²) >= 11 is 0. The van der Waals surface area contributed by atoms with Gasteiger partial charge in [0.15, 0.2) is 0 Å². The normalized spacial score (nSPS) is 32.5. The monoisotopic (exact) mass is 202 g/mol. The minimum absolute atomic E-state index is 0.505. The molecule has 1 heterocycles. The predicted molar refractivity (Wildman–Crippen MR) is 63.3 cm³/mol. The van der Waals surface area contributed by atoms with E-state index >= 15 is 0 Å². The Labute approximate surface area is 91.1 Å². The first-order valence-electron chi connectivity index (χ1n) is 5.90. The summed E-state index contributed by atoms with van der Waals surface area (Å²) in [6, 6.07) is 9.01. The van der Waals surface area contributed by atoms with Crippen LogP contribution in [0, 0.1) is 5.92 Å². The van der Waals surface area contributed by atoms with Crippen LogP contribution in [0.25, 0.3) is 0 Å². The molecule has 0 radical (unpaired) electrons. The van der Waals surface area contributed by atoms with E-state index in [9.17, 15) is 0 Å². The van der Waals surface area contributed by atoms with Crippen molar-refractivity contribution in [1.82, 2.24) is 5.32 Å². The van der Waals surface area contributed by atoms with Crippen LogP contribution in [0.3, 0.4) is 0 Å². The van der Waals surface area contributed by atoms with Gasteiger partial charge in [0, 0.05) is 24.2 Å². The van der Waals surface area contributed by atoms with Crippen LogP contribution >= 0.6 is 0 Å². The van der Waals surface area contributed by atoms with Crippen LogP contribution in [0.15, 0.2) is 24.3 Å². The van der Waals surface area contributed by atoms with E-state index in [1.807, 2.05) is 0 Å². The van der Waals surface area contributed by atoms with E-state index in [0.29, 0.717) is 5.41 Å². The summed E-state index contributed by atoms with van der Waals surface area (Å²) in [5.74, 6) is 0.905. The molecule has 2 fully saturated rings. The number of fused-ring (bicyclic) bond motifs is 1. The number of benzene rings is 1. The Bertz CT molecular complexity index is 357. The van der Waals surface area contributed by atoms with Crippen LogP contribution in [0.4, 0.5) is 5.69 Å². The van der Waals surface area contributed by atoms with E-state index in [1.165, 1.54) is 30.8 Å². The van der Waals surface area contributed by atoms with Gasteiger partial charge in [0.05, 0.1) is 0 Å². The fourth-order valence-corrected chi connectivity index (χ4v) is 2.91. The van der Waals surface area contributed by atoms with E-state index in [2.05, 4.69) is 41.8 Å². The van der Waals surface area contributed by atoms with Crippen molar-refractivity contribution in [2.75, 3.05) is 25.0 Å². The van der Waals surface area contributed by atoms with Gasteiger partial charge in [-0.1, -0.05) is 12.1 Å². The van der Waals surface area contributed by atoms with Gasteiger partial charge in [0.1, 0.15) is 0 Å².